The van der Waals surface area contributed by atoms with Crippen LogP contribution in [0.4, 0.5) is 0 Å². The number of halogens is 1. The molecule has 0 bridgehead atoms. The fourth-order valence-corrected chi connectivity index (χ4v) is 4.51. The molecule has 0 amide bonds. The molecule has 1 aliphatic heterocycles. The largest absolute Gasteiger partial charge is 0.482 e. The second-order valence-electron chi connectivity index (χ2n) is 7.35. The van der Waals surface area contributed by atoms with Crippen molar-refractivity contribution in [3.05, 3.63) is 80.5 Å². The Hall–Kier alpha value is -3.39. The van der Waals surface area contributed by atoms with Crippen LogP contribution in [0.5, 0.6) is 5.75 Å². The number of benzene rings is 2. The summed E-state index contributed by atoms with van der Waals surface area (Å²) >= 11 is 3.44. The number of esters is 1. The third-order valence-electron chi connectivity index (χ3n) is 5.38. The van der Waals surface area contributed by atoms with Gasteiger partial charge in [0.25, 0.3) is 0 Å². The lowest BCUT2D eigenvalue weighted by molar-refractivity contribution is -0.140. The van der Waals surface area contributed by atoms with Crippen LogP contribution >= 0.6 is 15.9 Å². The highest BCUT2D eigenvalue weighted by atomic mass is 79.9. The Labute approximate surface area is 200 Å². The van der Waals surface area contributed by atoms with Crippen LogP contribution in [-0.4, -0.2) is 36.0 Å². The lowest BCUT2D eigenvalue weighted by atomic mass is 9.79. The van der Waals surface area contributed by atoms with E-state index in [1.54, 1.807) is 44.2 Å². The summed E-state index contributed by atoms with van der Waals surface area (Å²) in [5, 5.41) is 12.3. The summed E-state index contributed by atoms with van der Waals surface area (Å²) in [5.41, 5.74) is 3.66. The molecule has 0 saturated heterocycles. The van der Waals surface area contributed by atoms with Gasteiger partial charge in [0.15, 0.2) is 12.4 Å². The topological polar surface area (TPSA) is 102 Å². The van der Waals surface area contributed by atoms with Gasteiger partial charge in [0.2, 0.25) is 0 Å². The van der Waals surface area contributed by atoms with Crippen molar-refractivity contribution < 1.29 is 29.0 Å². The van der Waals surface area contributed by atoms with E-state index in [0.717, 1.165) is 5.56 Å². The number of carbonyl (C=O) groups excluding carboxylic acids is 2. The average Bonchev–Trinajstić information content (AvgIpc) is 3.04. The molecule has 0 fully saturated rings. The van der Waals surface area contributed by atoms with Crippen molar-refractivity contribution in [2.75, 3.05) is 13.2 Å². The lowest BCUT2D eigenvalue weighted by Crippen LogP contribution is -2.29. The Balaban J connectivity index is 0.00000306. The van der Waals surface area contributed by atoms with Crippen molar-refractivity contribution in [3.63, 3.8) is 0 Å². The molecule has 1 unspecified atom stereocenters. The van der Waals surface area contributed by atoms with Gasteiger partial charge in [-0.1, -0.05) is 47.6 Å². The molecule has 0 spiro atoms. The zero-order chi connectivity index (χ0) is 23.0. The number of carboxylic acids is 1. The molecule has 2 aliphatic rings. The molecule has 0 radical (unpaired) electrons. The molecule has 1 heterocycles. The van der Waals surface area contributed by atoms with Gasteiger partial charge in [-0.3, -0.25) is 4.79 Å². The van der Waals surface area contributed by atoms with Crippen molar-refractivity contribution >= 4 is 39.3 Å². The summed E-state index contributed by atoms with van der Waals surface area (Å²) in [4.78, 5) is 37.6. The zero-order valence-corrected chi connectivity index (χ0v) is 19.0. The SMILES string of the molecule is C.CCOC(=O)C1=C(C)NC2=C(C(=O)c3ccccc32)C1c1cc(Br)ccc1OCC(=O)O. The smallest absolute Gasteiger partial charge is 0.341 e. The van der Waals surface area contributed by atoms with E-state index in [2.05, 4.69) is 21.2 Å². The first-order valence-electron chi connectivity index (χ1n) is 10.0. The maximum absolute atomic E-state index is 13.5. The normalized spacial score (nSPS) is 16.5. The second-order valence-corrected chi connectivity index (χ2v) is 8.26. The van der Waals surface area contributed by atoms with Gasteiger partial charge in [-0.25, -0.2) is 9.59 Å². The Morgan fingerprint density at radius 3 is 2.52 bits per heavy atom. The minimum Gasteiger partial charge on any atom is -0.482 e. The predicted octanol–water partition coefficient (Wildman–Crippen LogP) is 4.68. The summed E-state index contributed by atoms with van der Waals surface area (Å²) in [6.45, 7) is 3.07. The number of rotatable bonds is 6. The third kappa shape index (κ3) is 4.30. The molecule has 1 atom stereocenters. The molecule has 4 rings (SSSR count). The number of fused-ring (bicyclic) bond motifs is 2. The van der Waals surface area contributed by atoms with Crippen molar-refractivity contribution in [3.8, 4) is 5.75 Å². The second kappa shape index (κ2) is 9.62. The van der Waals surface area contributed by atoms with Gasteiger partial charge in [0.1, 0.15) is 5.75 Å². The molecule has 2 N–H and O–H groups in total. The molecule has 0 aromatic heterocycles. The number of ether oxygens (including phenoxy) is 2. The molecule has 7 nitrogen and oxygen atoms in total. The predicted molar refractivity (Wildman–Crippen MR) is 127 cm³/mol. The number of carboxylic acid groups (broad SMARTS) is 1. The molecular weight excluding hydrogens is 490 g/mol. The van der Waals surface area contributed by atoms with Gasteiger partial charge in [-0.15, -0.1) is 0 Å². The molecule has 1 aliphatic carbocycles. The van der Waals surface area contributed by atoms with Crippen molar-refractivity contribution in [1.82, 2.24) is 5.32 Å². The van der Waals surface area contributed by atoms with Crippen LogP contribution in [0.15, 0.2) is 63.8 Å². The Morgan fingerprint density at radius 2 is 1.85 bits per heavy atom. The van der Waals surface area contributed by atoms with Crippen LogP contribution in [0, 0.1) is 0 Å². The van der Waals surface area contributed by atoms with E-state index < -0.39 is 24.5 Å². The summed E-state index contributed by atoms with van der Waals surface area (Å²) in [5.74, 6) is -2.42. The molecule has 8 heteroatoms. The summed E-state index contributed by atoms with van der Waals surface area (Å²) in [6.07, 6.45) is 0. The number of carbonyl (C=O) groups is 3. The number of dihydropyridines is 1. The monoisotopic (exact) mass is 513 g/mol. The van der Waals surface area contributed by atoms with Gasteiger partial charge < -0.3 is 19.9 Å². The minimum absolute atomic E-state index is 0. The molecule has 172 valence electrons. The fourth-order valence-electron chi connectivity index (χ4n) is 4.14. The molecule has 0 saturated carbocycles. The van der Waals surface area contributed by atoms with Crippen molar-refractivity contribution in [2.45, 2.75) is 27.2 Å². The van der Waals surface area contributed by atoms with Crippen molar-refractivity contribution in [1.29, 1.82) is 0 Å². The van der Waals surface area contributed by atoms with Gasteiger partial charge >= 0.3 is 11.9 Å². The van der Waals surface area contributed by atoms with Gasteiger partial charge in [0.05, 0.1) is 23.8 Å². The van der Waals surface area contributed by atoms with E-state index in [9.17, 15) is 14.4 Å². The van der Waals surface area contributed by atoms with Crippen LogP contribution in [-0.2, 0) is 14.3 Å². The quantitative estimate of drug-likeness (QED) is 0.540. The van der Waals surface area contributed by atoms with Crippen LogP contribution in [0.25, 0.3) is 5.70 Å². The van der Waals surface area contributed by atoms with Gasteiger partial charge in [-0.05, 0) is 32.0 Å². The highest BCUT2D eigenvalue weighted by molar-refractivity contribution is 9.10. The number of ketones is 1. The standard InChI is InChI=1S/C24H20BrNO6.CH4/c1-3-31-24(30)19-12(2)26-22-14-6-4-5-7-15(14)23(29)21(22)20(19)16-10-13(25)8-9-17(16)32-11-18(27)28;/h4-10,20,26H,3,11H2,1-2H3,(H,27,28);1H4. The maximum atomic E-state index is 13.5. The zero-order valence-electron chi connectivity index (χ0n) is 17.4. The highest BCUT2D eigenvalue weighted by Crippen LogP contribution is 2.49. The van der Waals surface area contributed by atoms with E-state index in [-0.39, 0.29) is 31.1 Å². The van der Waals surface area contributed by atoms with Crippen molar-refractivity contribution in [2.24, 2.45) is 0 Å². The summed E-state index contributed by atoms with van der Waals surface area (Å²) in [6, 6.07) is 12.3. The van der Waals surface area contributed by atoms with E-state index in [1.165, 1.54) is 0 Å². The average molecular weight is 514 g/mol. The van der Waals surface area contributed by atoms with E-state index >= 15 is 0 Å². The van der Waals surface area contributed by atoms with E-state index in [0.29, 0.717) is 32.6 Å². The van der Waals surface area contributed by atoms with Crippen LogP contribution in [0.2, 0.25) is 0 Å². The molecule has 33 heavy (non-hydrogen) atoms. The summed E-state index contributed by atoms with van der Waals surface area (Å²) < 4.78 is 11.6. The van der Waals surface area contributed by atoms with E-state index in [1.807, 2.05) is 12.1 Å². The Morgan fingerprint density at radius 1 is 1.15 bits per heavy atom. The van der Waals surface area contributed by atoms with Crippen LogP contribution < -0.4 is 10.1 Å². The minimum atomic E-state index is -1.13. The number of aliphatic carboxylic acids is 1. The van der Waals surface area contributed by atoms with Crippen LogP contribution in [0.3, 0.4) is 0 Å². The van der Waals surface area contributed by atoms with E-state index in [4.69, 9.17) is 14.6 Å². The first-order valence-corrected chi connectivity index (χ1v) is 10.8. The van der Waals surface area contributed by atoms with Crippen LogP contribution in [0.1, 0.15) is 48.7 Å². The Bertz CT molecular complexity index is 1210. The summed E-state index contributed by atoms with van der Waals surface area (Å²) in [7, 11) is 0. The first-order chi connectivity index (χ1) is 15.3. The number of allylic oxidation sites excluding steroid dienone is 2. The number of hydrogen-bond acceptors (Lipinski definition) is 6. The molecule has 2 aromatic rings. The third-order valence-corrected chi connectivity index (χ3v) is 5.87. The fraction of sp³-hybridized carbons (Fsp3) is 0.240. The highest BCUT2D eigenvalue weighted by Gasteiger charge is 2.44. The maximum Gasteiger partial charge on any atom is 0.341 e. The van der Waals surface area contributed by atoms with Gasteiger partial charge in [0, 0.05) is 32.4 Å². The number of Topliss-reactive ketones (excluding diaryl/α,β-unsaturated/α-hetero) is 1. The molecular formula is C25H24BrNO6. The van der Waals surface area contributed by atoms with Gasteiger partial charge in [-0.2, -0.15) is 0 Å². The Kier molecular flexibility index (Phi) is 7.07. The number of hydrogen-bond donors (Lipinski definition) is 2. The number of nitrogens with one attached hydrogen (secondary N) is 1. The first kappa shape index (κ1) is 24.3. The lowest BCUT2D eigenvalue weighted by Gasteiger charge is -2.30. The molecule has 2 aromatic carbocycles.